The van der Waals surface area contributed by atoms with Crippen molar-refractivity contribution in [2.24, 2.45) is 0 Å². The number of alkyl halides is 3. The minimum absolute atomic E-state index is 0.126. The van der Waals surface area contributed by atoms with Gasteiger partial charge in [0.2, 0.25) is 0 Å². The van der Waals surface area contributed by atoms with Crippen LogP contribution in [0.1, 0.15) is 18.4 Å². The van der Waals surface area contributed by atoms with E-state index in [0.29, 0.717) is 5.69 Å². The fourth-order valence-corrected chi connectivity index (χ4v) is 3.47. The van der Waals surface area contributed by atoms with Crippen LogP contribution in [-0.4, -0.2) is 18.1 Å². The van der Waals surface area contributed by atoms with E-state index in [1.165, 1.54) is 12.1 Å². The van der Waals surface area contributed by atoms with E-state index in [1.807, 2.05) is 24.3 Å². The third-order valence-corrected chi connectivity index (χ3v) is 4.65. The van der Waals surface area contributed by atoms with Gasteiger partial charge in [-0.05, 0) is 31.0 Å². The summed E-state index contributed by atoms with van der Waals surface area (Å²) in [6.45, 7) is 1.85. The molecule has 0 aliphatic carbocycles. The maximum Gasteiger partial charge on any atom is 0.417 e. The number of aromatic nitrogens is 1. The number of fused-ring (bicyclic) bond motifs is 1. The van der Waals surface area contributed by atoms with Crippen molar-refractivity contribution in [2.75, 3.05) is 18.0 Å². The second-order valence-electron chi connectivity index (χ2n) is 6.28. The fraction of sp³-hybridized carbons (Fsp3) is 0.250. The Balaban J connectivity index is 1.95. The second kappa shape index (κ2) is 6.06. The minimum Gasteiger partial charge on any atom is -0.371 e. The number of nitrogens with zero attached hydrogens (tertiary/aromatic N) is 2. The number of rotatable bonds is 2. The molecule has 0 atom stereocenters. The molecule has 0 amide bonds. The van der Waals surface area contributed by atoms with Crippen molar-refractivity contribution in [1.29, 1.82) is 0 Å². The third kappa shape index (κ3) is 2.95. The molecule has 3 aromatic rings. The summed E-state index contributed by atoms with van der Waals surface area (Å²) in [7, 11) is 0. The molecule has 1 fully saturated rings. The maximum absolute atomic E-state index is 13.4. The normalized spacial score (nSPS) is 15.1. The van der Waals surface area contributed by atoms with Gasteiger partial charge in [0.1, 0.15) is 0 Å². The van der Waals surface area contributed by atoms with Gasteiger partial charge >= 0.3 is 6.18 Å². The van der Waals surface area contributed by atoms with Crippen LogP contribution in [0.25, 0.3) is 22.2 Å². The van der Waals surface area contributed by atoms with E-state index < -0.39 is 11.7 Å². The van der Waals surface area contributed by atoms with Crippen LogP contribution in [0.5, 0.6) is 0 Å². The van der Waals surface area contributed by atoms with E-state index in [-0.39, 0.29) is 5.56 Å². The Morgan fingerprint density at radius 2 is 1.56 bits per heavy atom. The molecule has 0 saturated carbocycles. The van der Waals surface area contributed by atoms with Crippen LogP contribution in [0, 0.1) is 0 Å². The van der Waals surface area contributed by atoms with Gasteiger partial charge in [-0.25, -0.2) is 4.98 Å². The molecular weight excluding hydrogens is 325 g/mol. The van der Waals surface area contributed by atoms with Crippen LogP contribution >= 0.6 is 0 Å². The van der Waals surface area contributed by atoms with Crippen molar-refractivity contribution in [3.63, 3.8) is 0 Å². The number of benzene rings is 2. The molecule has 1 aromatic heterocycles. The van der Waals surface area contributed by atoms with Crippen molar-refractivity contribution in [3.05, 3.63) is 60.2 Å². The Labute approximate surface area is 143 Å². The van der Waals surface area contributed by atoms with Gasteiger partial charge in [-0.2, -0.15) is 13.2 Å². The zero-order valence-electron chi connectivity index (χ0n) is 13.6. The molecule has 2 heterocycles. The first kappa shape index (κ1) is 15.9. The molecule has 128 valence electrons. The van der Waals surface area contributed by atoms with Crippen LogP contribution in [0.2, 0.25) is 0 Å². The van der Waals surface area contributed by atoms with E-state index >= 15 is 0 Å². The van der Waals surface area contributed by atoms with E-state index in [2.05, 4.69) is 9.88 Å². The highest BCUT2D eigenvalue weighted by atomic mass is 19.4. The first-order valence-electron chi connectivity index (χ1n) is 8.35. The lowest BCUT2D eigenvalue weighted by Crippen LogP contribution is -2.18. The lowest BCUT2D eigenvalue weighted by atomic mass is 10.0. The average Bonchev–Trinajstić information content (AvgIpc) is 3.14. The highest BCUT2D eigenvalue weighted by Crippen LogP contribution is 2.39. The molecule has 2 nitrogen and oxygen atoms in total. The highest BCUT2D eigenvalue weighted by Gasteiger charge is 2.34. The maximum atomic E-state index is 13.4. The summed E-state index contributed by atoms with van der Waals surface area (Å²) in [4.78, 5) is 6.76. The minimum atomic E-state index is -4.41. The van der Waals surface area contributed by atoms with Crippen molar-refractivity contribution >= 4 is 16.6 Å². The van der Waals surface area contributed by atoms with Gasteiger partial charge in [0.05, 0.1) is 16.8 Å². The lowest BCUT2D eigenvalue weighted by molar-refractivity contribution is -0.137. The zero-order valence-corrected chi connectivity index (χ0v) is 13.6. The molecule has 1 saturated heterocycles. The Bertz CT molecular complexity index is 912. The number of pyridine rings is 1. The molecule has 0 bridgehead atoms. The molecule has 1 aliphatic heterocycles. The highest BCUT2D eigenvalue weighted by molar-refractivity contribution is 5.94. The summed E-state index contributed by atoms with van der Waals surface area (Å²) in [6, 6.07) is 15.1. The molecule has 0 radical (unpaired) electrons. The van der Waals surface area contributed by atoms with E-state index in [1.54, 1.807) is 12.1 Å². The molecule has 1 aliphatic rings. The van der Waals surface area contributed by atoms with Crippen LogP contribution in [-0.2, 0) is 6.18 Å². The molecule has 2 aromatic carbocycles. The largest absolute Gasteiger partial charge is 0.417 e. The molecule has 25 heavy (non-hydrogen) atoms. The van der Waals surface area contributed by atoms with Crippen LogP contribution < -0.4 is 4.90 Å². The quantitative estimate of drug-likeness (QED) is 0.609. The van der Waals surface area contributed by atoms with Crippen molar-refractivity contribution in [3.8, 4) is 11.3 Å². The van der Waals surface area contributed by atoms with Gasteiger partial charge in [-0.15, -0.1) is 0 Å². The first-order valence-corrected chi connectivity index (χ1v) is 8.35. The van der Waals surface area contributed by atoms with Gasteiger partial charge in [0, 0.05) is 29.7 Å². The van der Waals surface area contributed by atoms with Gasteiger partial charge in [-0.3, -0.25) is 0 Å². The summed E-state index contributed by atoms with van der Waals surface area (Å²) < 4.78 is 40.2. The van der Waals surface area contributed by atoms with Gasteiger partial charge < -0.3 is 4.90 Å². The number of halogens is 3. The first-order chi connectivity index (χ1) is 12.0. The summed E-state index contributed by atoms with van der Waals surface area (Å²) >= 11 is 0. The summed E-state index contributed by atoms with van der Waals surface area (Å²) in [5.74, 6) is 0. The Morgan fingerprint density at radius 3 is 2.32 bits per heavy atom. The second-order valence-corrected chi connectivity index (χ2v) is 6.28. The molecule has 4 rings (SSSR count). The number of hydrogen-bond acceptors (Lipinski definition) is 2. The standard InChI is InChI=1S/C20H17F3N2/c21-20(22,23)16-9-3-1-7-14(16)18-13-19(25-11-5-6-12-25)15-8-2-4-10-17(15)24-18/h1-4,7-10,13H,5-6,11-12H2. The van der Waals surface area contributed by atoms with Crippen molar-refractivity contribution in [1.82, 2.24) is 4.98 Å². The molecule has 5 heteroatoms. The Kier molecular flexibility index (Phi) is 3.86. The topological polar surface area (TPSA) is 16.1 Å². The summed E-state index contributed by atoms with van der Waals surface area (Å²) in [6.07, 6.45) is -2.20. The summed E-state index contributed by atoms with van der Waals surface area (Å²) in [5.41, 5.74) is 1.54. The van der Waals surface area contributed by atoms with Gasteiger partial charge in [0.25, 0.3) is 0 Å². The molecule has 0 unspecified atom stereocenters. The van der Waals surface area contributed by atoms with Crippen molar-refractivity contribution in [2.45, 2.75) is 19.0 Å². The predicted octanol–water partition coefficient (Wildman–Crippen LogP) is 5.52. The van der Waals surface area contributed by atoms with Crippen LogP contribution in [0.3, 0.4) is 0 Å². The number of hydrogen-bond donors (Lipinski definition) is 0. The zero-order chi connectivity index (χ0) is 17.4. The van der Waals surface area contributed by atoms with Crippen LogP contribution in [0.15, 0.2) is 54.6 Å². The SMILES string of the molecule is FC(F)(F)c1ccccc1-c1cc(N2CCCC2)c2ccccc2n1. The summed E-state index contributed by atoms with van der Waals surface area (Å²) in [5, 5.41) is 0.984. The Hall–Kier alpha value is -2.56. The van der Waals surface area contributed by atoms with E-state index in [4.69, 9.17) is 0 Å². The number of anilines is 1. The number of para-hydroxylation sites is 1. The molecule has 0 N–H and O–H groups in total. The Morgan fingerprint density at radius 1 is 0.880 bits per heavy atom. The molecule has 0 spiro atoms. The van der Waals surface area contributed by atoms with Crippen molar-refractivity contribution < 1.29 is 13.2 Å². The van der Waals surface area contributed by atoms with E-state index in [9.17, 15) is 13.2 Å². The van der Waals surface area contributed by atoms with Crippen LogP contribution in [0.4, 0.5) is 18.9 Å². The molecular formula is C20H17F3N2. The average molecular weight is 342 g/mol. The fourth-order valence-electron chi connectivity index (χ4n) is 3.47. The van der Waals surface area contributed by atoms with Gasteiger partial charge in [-0.1, -0.05) is 36.4 Å². The smallest absolute Gasteiger partial charge is 0.371 e. The third-order valence-electron chi connectivity index (χ3n) is 4.65. The lowest BCUT2D eigenvalue weighted by Gasteiger charge is -2.21. The monoisotopic (exact) mass is 342 g/mol. The predicted molar refractivity (Wildman–Crippen MR) is 93.6 cm³/mol. The van der Waals surface area contributed by atoms with E-state index in [0.717, 1.165) is 48.6 Å². The van der Waals surface area contributed by atoms with Gasteiger partial charge in [0.15, 0.2) is 0 Å².